The van der Waals surface area contributed by atoms with E-state index in [0.717, 1.165) is 5.56 Å². The number of sulfonamides is 1. The van der Waals surface area contributed by atoms with Crippen LogP contribution in [0.2, 0.25) is 5.02 Å². The van der Waals surface area contributed by atoms with Gasteiger partial charge in [-0.3, -0.25) is 4.31 Å². The topological polar surface area (TPSA) is 46.6 Å². The van der Waals surface area contributed by atoms with Crippen molar-refractivity contribution in [3.63, 3.8) is 0 Å². The second-order valence-electron chi connectivity index (χ2n) is 6.88. The summed E-state index contributed by atoms with van der Waals surface area (Å²) in [6, 6.07) is 18.0. The number of anilines is 1. The largest absolute Gasteiger partial charge is 0.486 e. The Morgan fingerprint density at radius 1 is 1.07 bits per heavy atom. The molecule has 0 spiro atoms. The van der Waals surface area contributed by atoms with Crippen molar-refractivity contribution in [2.45, 2.75) is 31.8 Å². The number of aryl methyl sites for hydroxylation is 1. The highest BCUT2D eigenvalue weighted by atomic mass is 35.5. The molecule has 1 unspecified atom stereocenters. The minimum Gasteiger partial charge on any atom is -0.486 e. The molecule has 0 bridgehead atoms. The van der Waals surface area contributed by atoms with Gasteiger partial charge < -0.3 is 4.74 Å². The molecule has 0 heterocycles. The van der Waals surface area contributed by atoms with E-state index in [-0.39, 0.29) is 22.0 Å². The molecule has 3 aromatic carbocycles. The monoisotopic (exact) mass is 447 g/mol. The number of nitrogens with zero attached hydrogens (tertiary/aromatic N) is 1. The molecule has 0 aliphatic carbocycles. The minimum absolute atomic E-state index is 0.224. The average molecular weight is 448 g/mol. The van der Waals surface area contributed by atoms with Gasteiger partial charge in [0, 0.05) is 18.2 Å². The molecule has 0 aliphatic rings. The fourth-order valence-corrected chi connectivity index (χ4v) is 5.16. The summed E-state index contributed by atoms with van der Waals surface area (Å²) < 4.78 is 47.8. The third kappa shape index (κ3) is 4.60. The van der Waals surface area contributed by atoms with Crippen LogP contribution in [0.5, 0.6) is 5.75 Å². The Hall–Kier alpha value is -2.57. The van der Waals surface area contributed by atoms with Crippen LogP contribution >= 0.6 is 11.6 Å². The van der Waals surface area contributed by atoms with Crippen LogP contribution < -0.4 is 9.04 Å². The van der Waals surface area contributed by atoms with E-state index in [1.807, 2.05) is 13.0 Å². The van der Waals surface area contributed by atoms with E-state index in [0.29, 0.717) is 11.4 Å². The van der Waals surface area contributed by atoms with Crippen LogP contribution in [0.3, 0.4) is 0 Å². The zero-order valence-corrected chi connectivity index (χ0v) is 18.5. The molecule has 0 N–H and O–H groups in total. The number of hydrogen-bond acceptors (Lipinski definition) is 3. The van der Waals surface area contributed by atoms with Crippen LogP contribution in [0, 0.1) is 12.7 Å². The maximum atomic E-state index is 14.2. The molecule has 0 amide bonds. The highest BCUT2D eigenvalue weighted by Gasteiger charge is 2.24. The number of hydrogen-bond donors (Lipinski definition) is 0. The molecular formula is C23H23ClFNO3S. The van der Waals surface area contributed by atoms with Crippen LogP contribution in [0.25, 0.3) is 0 Å². The lowest BCUT2D eigenvalue weighted by molar-refractivity contribution is 0.221. The van der Waals surface area contributed by atoms with Gasteiger partial charge in [0.1, 0.15) is 17.7 Å². The second-order valence-corrected chi connectivity index (χ2v) is 9.15. The molecule has 0 aromatic heterocycles. The first-order chi connectivity index (χ1) is 14.2. The second kappa shape index (κ2) is 9.06. The highest BCUT2D eigenvalue weighted by Crippen LogP contribution is 2.32. The molecule has 3 rings (SSSR count). The SMILES string of the molecule is CCN(c1cccc(OC(C)c2c(F)cccc2Cl)c1)S(=O)(=O)c1cccc(C)c1. The van der Waals surface area contributed by atoms with Crippen LogP contribution in [0.1, 0.15) is 31.1 Å². The van der Waals surface area contributed by atoms with Crippen molar-refractivity contribution < 1.29 is 17.5 Å². The van der Waals surface area contributed by atoms with Gasteiger partial charge in [-0.15, -0.1) is 0 Å². The first-order valence-corrected chi connectivity index (χ1v) is 11.4. The van der Waals surface area contributed by atoms with E-state index in [1.165, 1.54) is 16.4 Å². The molecule has 158 valence electrons. The Balaban J connectivity index is 1.92. The summed E-state index contributed by atoms with van der Waals surface area (Å²) in [7, 11) is -3.74. The van der Waals surface area contributed by atoms with E-state index < -0.39 is 21.9 Å². The third-order valence-corrected chi connectivity index (χ3v) is 6.92. The van der Waals surface area contributed by atoms with Gasteiger partial charge in [0.05, 0.1) is 15.6 Å². The minimum atomic E-state index is -3.74. The van der Waals surface area contributed by atoms with E-state index in [2.05, 4.69) is 0 Å². The molecule has 4 nitrogen and oxygen atoms in total. The molecule has 30 heavy (non-hydrogen) atoms. The molecule has 1 atom stereocenters. The van der Waals surface area contributed by atoms with E-state index >= 15 is 0 Å². The standard InChI is InChI=1S/C23H23ClFNO3S/c1-4-26(30(27,28)20-11-5-8-16(2)14-20)18-9-6-10-19(15-18)29-17(3)23-21(24)12-7-13-22(23)25/h5-15,17H,4H2,1-3H3. The summed E-state index contributed by atoms with van der Waals surface area (Å²) in [5.74, 6) is -0.0411. The van der Waals surface area contributed by atoms with Crippen LogP contribution in [-0.4, -0.2) is 15.0 Å². The van der Waals surface area contributed by atoms with Crippen molar-refractivity contribution in [3.8, 4) is 5.75 Å². The Bertz CT molecular complexity index is 1130. The Morgan fingerprint density at radius 2 is 1.77 bits per heavy atom. The summed E-state index contributed by atoms with van der Waals surface area (Å²) in [6.45, 7) is 5.55. The maximum Gasteiger partial charge on any atom is 0.264 e. The van der Waals surface area contributed by atoms with Gasteiger partial charge in [-0.25, -0.2) is 12.8 Å². The van der Waals surface area contributed by atoms with Gasteiger partial charge in [-0.2, -0.15) is 0 Å². The molecular weight excluding hydrogens is 425 g/mol. The van der Waals surface area contributed by atoms with Crippen molar-refractivity contribution in [1.29, 1.82) is 0 Å². The molecule has 0 radical (unpaired) electrons. The zero-order chi connectivity index (χ0) is 21.9. The maximum absolute atomic E-state index is 14.2. The lowest BCUT2D eigenvalue weighted by Crippen LogP contribution is -2.30. The van der Waals surface area contributed by atoms with Crippen LogP contribution in [-0.2, 0) is 10.0 Å². The molecule has 0 saturated heterocycles. The molecule has 3 aromatic rings. The van der Waals surface area contributed by atoms with Crippen molar-refractivity contribution in [1.82, 2.24) is 0 Å². The van der Waals surface area contributed by atoms with Gasteiger partial charge in [0.15, 0.2) is 0 Å². The lowest BCUT2D eigenvalue weighted by atomic mass is 10.1. The summed E-state index contributed by atoms with van der Waals surface area (Å²) in [4.78, 5) is 0.224. The summed E-state index contributed by atoms with van der Waals surface area (Å²) in [5.41, 5.74) is 1.58. The van der Waals surface area contributed by atoms with Gasteiger partial charge in [0.2, 0.25) is 0 Å². The van der Waals surface area contributed by atoms with Gasteiger partial charge in [-0.05, 0) is 62.7 Å². The summed E-state index contributed by atoms with van der Waals surface area (Å²) in [5, 5.41) is 0.274. The molecule has 0 aliphatic heterocycles. The van der Waals surface area contributed by atoms with E-state index in [9.17, 15) is 12.8 Å². The van der Waals surface area contributed by atoms with Crippen LogP contribution in [0.15, 0.2) is 71.6 Å². The van der Waals surface area contributed by atoms with Gasteiger partial charge in [-0.1, -0.05) is 35.9 Å². The van der Waals surface area contributed by atoms with E-state index in [4.69, 9.17) is 16.3 Å². The number of rotatable bonds is 7. The third-order valence-electron chi connectivity index (χ3n) is 4.69. The van der Waals surface area contributed by atoms with Crippen molar-refractivity contribution in [3.05, 3.63) is 88.7 Å². The van der Waals surface area contributed by atoms with Crippen molar-refractivity contribution in [2.24, 2.45) is 0 Å². The Kier molecular flexibility index (Phi) is 6.68. The Labute approximate surface area is 181 Å². The number of benzene rings is 3. The predicted octanol–water partition coefficient (Wildman–Crippen LogP) is 6.14. The zero-order valence-electron chi connectivity index (χ0n) is 17.0. The predicted molar refractivity (Wildman–Crippen MR) is 118 cm³/mol. The Morgan fingerprint density at radius 3 is 2.43 bits per heavy atom. The lowest BCUT2D eigenvalue weighted by Gasteiger charge is -2.24. The summed E-state index contributed by atoms with van der Waals surface area (Å²) in [6.07, 6.45) is -0.655. The number of ether oxygens (including phenoxy) is 1. The molecule has 7 heteroatoms. The fourth-order valence-electron chi connectivity index (χ4n) is 3.27. The van der Waals surface area contributed by atoms with E-state index in [1.54, 1.807) is 62.4 Å². The normalized spacial score (nSPS) is 12.4. The first-order valence-electron chi connectivity index (χ1n) is 9.54. The van der Waals surface area contributed by atoms with Crippen molar-refractivity contribution in [2.75, 3.05) is 10.8 Å². The summed E-state index contributed by atoms with van der Waals surface area (Å²) >= 11 is 6.13. The fraction of sp³-hybridized carbons (Fsp3) is 0.217. The average Bonchev–Trinajstić information content (AvgIpc) is 2.68. The quantitative estimate of drug-likeness (QED) is 0.436. The molecule has 0 fully saturated rings. The first kappa shape index (κ1) is 22.1. The van der Waals surface area contributed by atoms with Gasteiger partial charge >= 0.3 is 0 Å². The van der Waals surface area contributed by atoms with Crippen LogP contribution in [0.4, 0.5) is 10.1 Å². The number of halogens is 2. The highest BCUT2D eigenvalue weighted by molar-refractivity contribution is 7.92. The smallest absolute Gasteiger partial charge is 0.264 e. The van der Waals surface area contributed by atoms with Crippen molar-refractivity contribution >= 4 is 27.3 Å². The van der Waals surface area contributed by atoms with Gasteiger partial charge in [0.25, 0.3) is 10.0 Å². The molecule has 0 saturated carbocycles.